The van der Waals surface area contributed by atoms with Gasteiger partial charge in [-0.05, 0) is 79.1 Å². The standard InChI is InChI=1S/C24H22ClN3O4S/c1-16(29)26-20-5-2-6-21(15-20)27-33(31,32)22-11-12-23-18(14-22)4-3-13-28(23)24(30)17-7-9-19(25)10-8-17/h2,5-12,14-15,27H,3-4,13H2,1H3,(H,26,29). The van der Waals surface area contributed by atoms with Crippen LogP contribution in [0.1, 0.15) is 29.3 Å². The van der Waals surface area contributed by atoms with Crippen molar-refractivity contribution in [3.63, 3.8) is 0 Å². The third-order valence-electron chi connectivity index (χ3n) is 5.25. The predicted molar refractivity (Wildman–Crippen MR) is 129 cm³/mol. The maximum Gasteiger partial charge on any atom is 0.261 e. The Bertz CT molecular complexity index is 1320. The van der Waals surface area contributed by atoms with Crippen molar-refractivity contribution in [1.82, 2.24) is 0 Å². The Hall–Kier alpha value is -3.36. The number of anilines is 3. The molecule has 3 aromatic carbocycles. The Morgan fingerprint density at radius 3 is 2.42 bits per heavy atom. The Balaban J connectivity index is 1.59. The second-order valence-corrected chi connectivity index (χ2v) is 9.84. The van der Waals surface area contributed by atoms with Gasteiger partial charge in [0.15, 0.2) is 0 Å². The quantitative estimate of drug-likeness (QED) is 0.550. The lowest BCUT2D eigenvalue weighted by atomic mass is 10.0. The molecule has 0 saturated heterocycles. The van der Waals surface area contributed by atoms with Gasteiger partial charge in [-0.25, -0.2) is 8.42 Å². The molecular weight excluding hydrogens is 462 g/mol. The topological polar surface area (TPSA) is 95.6 Å². The number of fused-ring (bicyclic) bond motifs is 1. The van der Waals surface area contributed by atoms with E-state index in [9.17, 15) is 18.0 Å². The van der Waals surface area contributed by atoms with Crippen LogP contribution in [0.4, 0.5) is 17.1 Å². The Labute approximate surface area is 197 Å². The first-order valence-electron chi connectivity index (χ1n) is 10.3. The molecule has 0 radical (unpaired) electrons. The van der Waals surface area contributed by atoms with Gasteiger partial charge < -0.3 is 10.2 Å². The first-order chi connectivity index (χ1) is 15.7. The zero-order valence-corrected chi connectivity index (χ0v) is 19.4. The van der Waals surface area contributed by atoms with Gasteiger partial charge in [-0.1, -0.05) is 17.7 Å². The van der Waals surface area contributed by atoms with Crippen molar-refractivity contribution in [3.05, 3.63) is 82.9 Å². The van der Waals surface area contributed by atoms with Gasteiger partial charge >= 0.3 is 0 Å². The molecule has 0 bridgehead atoms. The molecule has 33 heavy (non-hydrogen) atoms. The van der Waals surface area contributed by atoms with Crippen molar-refractivity contribution < 1.29 is 18.0 Å². The second kappa shape index (κ2) is 9.25. The minimum Gasteiger partial charge on any atom is -0.326 e. The number of sulfonamides is 1. The van der Waals surface area contributed by atoms with E-state index in [2.05, 4.69) is 10.0 Å². The summed E-state index contributed by atoms with van der Waals surface area (Å²) in [5.74, 6) is -0.404. The number of benzene rings is 3. The fourth-order valence-electron chi connectivity index (χ4n) is 3.78. The highest BCUT2D eigenvalue weighted by Crippen LogP contribution is 2.31. The molecule has 4 rings (SSSR count). The number of carbonyl (C=O) groups excluding carboxylic acids is 2. The number of aryl methyl sites for hydroxylation is 1. The summed E-state index contributed by atoms with van der Waals surface area (Å²) in [6.07, 6.45) is 1.39. The fourth-order valence-corrected chi connectivity index (χ4v) is 5.00. The Morgan fingerprint density at radius 2 is 1.70 bits per heavy atom. The van der Waals surface area contributed by atoms with Gasteiger partial charge in [0, 0.05) is 35.4 Å². The van der Waals surface area contributed by atoms with Gasteiger partial charge in [-0.2, -0.15) is 0 Å². The SMILES string of the molecule is CC(=O)Nc1cccc(NS(=O)(=O)c2ccc3c(c2)CCCN3C(=O)c2ccc(Cl)cc2)c1. The fraction of sp³-hybridized carbons (Fsp3) is 0.167. The van der Waals surface area contributed by atoms with E-state index in [0.29, 0.717) is 40.6 Å². The Morgan fingerprint density at radius 1 is 0.970 bits per heavy atom. The van der Waals surface area contributed by atoms with Gasteiger partial charge in [0.05, 0.1) is 10.6 Å². The number of hydrogen-bond acceptors (Lipinski definition) is 4. The highest BCUT2D eigenvalue weighted by Gasteiger charge is 2.25. The monoisotopic (exact) mass is 483 g/mol. The third-order valence-corrected chi connectivity index (χ3v) is 6.88. The molecular formula is C24H22ClN3O4S. The van der Waals surface area contributed by atoms with E-state index in [1.165, 1.54) is 13.0 Å². The molecule has 0 atom stereocenters. The van der Waals surface area contributed by atoms with Crippen LogP contribution < -0.4 is 14.9 Å². The van der Waals surface area contributed by atoms with Crippen LogP contribution in [-0.2, 0) is 21.2 Å². The number of rotatable bonds is 5. The van der Waals surface area contributed by atoms with Gasteiger partial charge in [0.1, 0.15) is 0 Å². The molecule has 1 heterocycles. The van der Waals surface area contributed by atoms with E-state index in [1.807, 2.05) is 0 Å². The summed E-state index contributed by atoms with van der Waals surface area (Å²) < 4.78 is 28.5. The van der Waals surface area contributed by atoms with Gasteiger partial charge in [-0.15, -0.1) is 0 Å². The van der Waals surface area contributed by atoms with Crippen LogP contribution in [0, 0.1) is 0 Å². The number of amides is 2. The number of nitrogens with one attached hydrogen (secondary N) is 2. The molecule has 7 nitrogen and oxygen atoms in total. The molecule has 2 N–H and O–H groups in total. The Kier molecular flexibility index (Phi) is 6.40. The van der Waals surface area contributed by atoms with Crippen LogP contribution in [0.3, 0.4) is 0 Å². The highest BCUT2D eigenvalue weighted by molar-refractivity contribution is 7.92. The second-order valence-electron chi connectivity index (χ2n) is 7.73. The maximum atomic E-state index is 13.0. The van der Waals surface area contributed by atoms with E-state index in [4.69, 9.17) is 11.6 Å². The normalized spacial score (nSPS) is 13.2. The molecule has 3 aromatic rings. The summed E-state index contributed by atoms with van der Waals surface area (Å²) >= 11 is 5.93. The molecule has 0 aromatic heterocycles. The van der Waals surface area contributed by atoms with Gasteiger partial charge in [0.2, 0.25) is 5.91 Å². The van der Waals surface area contributed by atoms with Gasteiger partial charge in [0.25, 0.3) is 15.9 Å². The van der Waals surface area contributed by atoms with Crippen LogP contribution in [0.2, 0.25) is 5.02 Å². The first kappa shape index (κ1) is 22.8. The van der Waals surface area contributed by atoms with Gasteiger partial charge in [-0.3, -0.25) is 14.3 Å². The number of hydrogen-bond donors (Lipinski definition) is 2. The summed E-state index contributed by atoms with van der Waals surface area (Å²) in [5, 5.41) is 3.18. The average Bonchev–Trinajstić information content (AvgIpc) is 2.78. The van der Waals surface area contributed by atoms with Crippen molar-refractivity contribution in [3.8, 4) is 0 Å². The van der Waals surface area contributed by atoms with Crippen LogP contribution in [0.25, 0.3) is 0 Å². The summed E-state index contributed by atoms with van der Waals surface area (Å²) in [5.41, 5.74) is 2.83. The van der Waals surface area contributed by atoms with Crippen LogP contribution >= 0.6 is 11.6 Å². The lowest BCUT2D eigenvalue weighted by molar-refractivity contribution is -0.114. The molecule has 1 aliphatic heterocycles. The summed E-state index contributed by atoms with van der Waals surface area (Å²) in [6.45, 7) is 1.93. The smallest absolute Gasteiger partial charge is 0.261 e. The van der Waals surface area contributed by atoms with Crippen LogP contribution in [-0.4, -0.2) is 26.8 Å². The van der Waals surface area contributed by atoms with E-state index < -0.39 is 10.0 Å². The van der Waals surface area contributed by atoms with Crippen LogP contribution in [0.15, 0.2) is 71.6 Å². The molecule has 0 saturated carbocycles. The number of halogens is 1. The zero-order chi connectivity index (χ0) is 23.6. The number of nitrogens with zero attached hydrogens (tertiary/aromatic N) is 1. The highest BCUT2D eigenvalue weighted by atomic mass is 35.5. The molecule has 1 aliphatic rings. The molecule has 0 fully saturated rings. The molecule has 0 aliphatic carbocycles. The predicted octanol–water partition coefficient (Wildman–Crippen LogP) is 4.69. The first-order valence-corrected chi connectivity index (χ1v) is 12.2. The summed E-state index contributed by atoms with van der Waals surface area (Å²) in [7, 11) is -3.87. The number of carbonyl (C=O) groups is 2. The van der Waals surface area contributed by atoms with Crippen molar-refractivity contribution in [2.45, 2.75) is 24.7 Å². The minimum absolute atomic E-state index is 0.104. The average molecular weight is 484 g/mol. The molecule has 0 unspecified atom stereocenters. The summed E-state index contributed by atoms with van der Waals surface area (Å²) in [4.78, 5) is 26.1. The third kappa shape index (κ3) is 5.18. The lowest BCUT2D eigenvalue weighted by Crippen LogP contribution is -2.35. The molecule has 2 amide bonds. The van der Waals surface area contributed by atoms with E-state index in [-0.39, 0.29) is 16.7 Å². The zero-order valence-electron chi connectivity index (χ0n) is 17.8. The van der Waals surface area contributed by atoms with Crippen molar-refractivity contribution in [2.75, 3.05) is 21.5 Å². The minimum atomic E-state index is -3.87. The van der Waals surface area contributed by atoms with Crippen molar-refractivity contribution >= 4 is 50.5 Å². The summed E-state index contributed by atoms with van der Waals surface area (Å²) in [6, 6.07) is 17.9. The van der Waals surface area contributed by atoms with Crippen molar-refractivity contribution in [2.24, 2.45) is 0 Å². The largest absolute Gasteiger partial charge is 0.326 e. The maximum absolute atomic E-state index is 13.0. The molecule has 170 valence electrons. The van der Waals surface area contributed by atoms with E-state index >= 15 is 0 Å². The van der Waals surface area contributed by atoms with Crippen molar-refractivity contribution in [1.29, 1.82) is 0 Å². The van der Waals surface area contributed by atoms with Crippen LogP contribution in [0.5, 0.6) is 0 Å². The van der Waals surface area contributed by atoms with E-state index in [0.717, 1.165) is 12.0 Å². The molecule has 0 spiro atoms. The lowest BCUT2D eigenvalue weighted by Gasteiger charge is -2.30. The van der Waals surface area contributed by atoms with E-state index in [1.54, 1.807) is 65.6 Å². The molecule has 9 heteroatoms.